The second-order valence-electron chi connectivity index (χ2n) is 4.57. The first-order valence-electron chi connectivity index (χ1n) is 5.74. The Morgan fingerprint density at radius 1 is 1.39 bits per heavy atom. The highest BCUT2D eigenvalue weighted by Gasteiger charge is 2.37. The van der Waals surface area contributed by atoms with E-state index in [9.17, 15) is 13.5 Å². The molecule has 100 valence electrons. The predicted molar refractivity (Wildman–Crippen MR) is 67.9 cm³/mol. The molecule has 1 saturated carbocycles. The quantitative estimate of drug-likeness (QED) is 0.820. The first-order valence-corrected chi connectivity index (χ1v) is 7.60. The molecule has 0 radical (unpaired) electrons. The minimum Gasteiger partial charge on any atom is -0.394 e. The molecule has 0 bridgehead atoms. The molecule has 1 aromatic heterocycles. The van der Waals surface area contributed by atoms with Crippen LogP contribution in [0.5, 0.6) is 0 Å². The number of aliphatic hydroxyl groups excluding tert-OH is 1. The van der Waals surface area contributed by atoms with Gasteiger partial charge in [0, 0.05) is 6.20 Å². The topological polar surface area (TPSA) is 79.3 Å². The van der Waals surface area contributed by atoms with Gasteiger partial charge in [0.15, 0.2) is 0 Å². The molecule has 1 aliphatic rings. The van der Waals surface area contributed by atoms with Crippen LogP contribution in [0.15, 0.2) is 23.2 Å². The molecule has 0 spiro atoms. The van der Waals surface area contributed by atoms with Crippen LogP contribution in [-0.2, 0) is 10.0 Å². The van der Waals surface area contributed by atoms with Gasteiger partial charge in [-0.15, -0.1) is 0 Å². The lowest BCUT2D eigenvalue weighted by Crippen LogP contribution is -2.49. The average Bonchev–Trinajstić information content (AvgIpc) is 2.78. The zero-order valence-corrected chi connectivity index (χ0v) is 11.3. The van der Waals surface area contributed by atoms with E-state index in [4.69, 9.17) is 11.6 Å². The van der Waals surface area contributed by atoms with E-state index >= 15 is 0 Å². The lowest BCUT2D eigenvalue weighted by Gasteiger charge is -2.27. The van der Waals surface area contributed by atoms with E-state index in [1.807, 2.05) is 0 Å². The molecule has 0 atom stereocenters. The Morgan fingerprint density at radius 2 is 2.06 bits per heavy atom. The molecule has 1 fully saturated rings. The summed E-state index contributed by atoms with van der Waals surface area (Å²) in [5, 5.41) is 9.65. The fourth-order valence-electron chi connectivity index (χ4n) is 2.21. The average molecular weight is 291 g/mol. The summed E-state index contributed by atoms with van der Waals surface area (Å²) in [5.41, 5.74) is -0.724. The Balaban J connectivity index is 2.24. The predicted octanol–water partition coefficient (Wildman–Crippen LogP) is 1.32. The van der Waals surface area contributed by atoms with Crippen LogP contribution in [0.4, 0.5) is 0 Å². The number of aromatic nitrogens is 1. The van der Waals surface area contributed by atoms with Gasteiger partial charge >= 0.3 is 0 Å². The molecule has 1 aliphatic carbocycles. The molecule has 2 N–H and O–H groups in total. The van der Waals surface area contributed by atoms with E-state index in [0.717, 1.165) is 12.8 Å². The van der Waals surface area contributed by atoms with Crippen LogP contribution in [0.1, 0.15) is 25.7 Å². The Kier molecular flexibility index (Phi) is 3.91. The largest absolute Gasteiger partial charge is 0.394 e. The van der Waals surface area contributed by atoms with Crippen LogP contribution in [0.2, 0.25) is 5.15 Å². The van der Waals surface area contributed by atoms with Crippen LogP contribution < -0.4 is 4.72 Å². The zero-order valence-electron chi connectivity index (χ0n) is 9.76. The van der Waals surface area contributed by atoms with Crippen LogP contribution >= 0.6 is 11.6 Å². The van der Waals surface area contributed by atoms with Crippen molar-refractivity contribution in [2.75, 3.05) is 6.61 Å². The van der Waals surface area contributed by atoms with Crippen LogP contribution in [0, 0.1) is 0 Å². The van der Waals surface area contributed by atoms with E-state index in [1.165, 1.54) is 18.3 Å². The monoisotopic (exact) mass is 290 g/mol. The van der Waals surface area contributed by atoms with Crippen molar-refractivity contribution in [3.8, 4) is 0 Å². The second kappa shape index (κ2) is 5.13. The summed E-state index contributed by atoms with van der Waals surface area (Å²) in [7, 11) is -3.66. The van der Waals surface area contributed by atoms with E-state index in [2.05, 4.69) is 9.71 Å². The normalized spacial score (nSPS) is 19.0. The van der Waals surface area contributed by atoms with Crippen molar-refractivity contribution in [2.45, 2.75) is 36.1 Å². The van der Waals surface area contributed by atoms with Gasteiger partial charge in [0.25, 0.3) is 0 Å². The minimum absolute atomic E-state index is 0.0617. The third-order valence-corrected chi connectivity index (χ3v) is 5.01. The molecule has 1 aromatic rings. The molecule has 0 aliphatic heterocycles. The molecule has 2 rings (SSSR count). The molecule has 0 amide bonds. The summed E-state index contributed by atoms with van der Waals surface area (Å²) in [6, 6.07) is 2.83. The number of halogens is 1. The molecule has 0 aromatic carbocycles. The molecule has 1 heterocycles. The Hall–Kier alpha value is -0.690. The van der Waals surface area contributed by atoms with Crippen molar-refractivity contribution in [3.05, 3.63) is 23.5 Å². The maximum atomic E-state index is 12.2. The van der Waals surface area contributed by atoms with E-state index in [-0.39, 0.29) is 16.7 Å². The highest BCUT2D eigenvalue weighted by atomic mass is 35.5. The SMILES string of the molecule is O=S(=O)(NC1(CO)CCCC1)c1ccc(Cl)nc1. The van der Waals surface area contributed by atoms with Crippen LogP contribution in [-0.4, -0.2) is 30.7 Å². The fraction of sp³-hybridized carbons (Fsp3) is 0.545. The number of nitrogens with zero attached hydrogens (tertiary/aromatic N) is 1. The number of nitrogens with one attached hydrogen (secondary N) is 1. The number of hydrogen-bond donors (Lipinski definition) is 2. The van der Waals surface area contributed by atoms with E-state index in [1.54, 1.807) is 0 Å². The molecular weight excluding hydrogens is 276 g/mol. The zero-order chi connectivity index (χ0) is 13.2. The standard InChI is InChI=1S/C11H15ClN2O3S/c12-10-4-3-9(7-13-10)18(16,17)14-11(8-15)5-1-2-6-11/h3-4,7,14-15H,1-2,5-6,8H2. The van der Waals surface area contributed by atoms with Crippen LogP contribution in [0.3, 0.4) is 0 Å². The maximum Gasteiger partial charge on any atom is 0.242 e. The van der Waals surface area contributed by atoms with Gasteiger partial charge in [0.2, 0.25) is 10.0 Å². The molecular formula is C11H15ClN2O3S. The van der Waals surface area contributed by atoms with Crippen molar-refractivity contribution in [1.82, 2.24) is 9.71 Å². The molecule has 7 heteroatoms. The highest BCUT2D eigenvalue weighted by molar-refractivity contribution is 7.89. The van der Waals surface area contributed by atoms with Gasteiger partial charge in [-0.3, -0.25) is 0 Å². The third kappa shape index (κ3) is 2.83. The molecule has 0 unspecified atom stereocenters. The summed E-state index contributed by atoms with van der Waals surface area (Å²) in [4.78, 5) is 3.81. The number of sulfonamides is 1. The summed E-state index contributed by atoms with van der Waals surface area (Å²) < 4.78 is 26.9. The Labute approximate surface area is 111 Å². The number of pyridine rings is 1. The Morgan fingerprint density at radius 3 is 2.56 bits per heavy atom. The molecule has 5 nitrogen and oxygen atoms in total. The number of aliphatic hydroxyl groups is 1. The van der Waals surface area contributed by atoms with E-state index in [0.29, 0.717) is 12.8 Å². The number of hydrogen-bond acceptors (Lipinski definition) is 4. The van der Waals surface area contributed by atoms with Gasteiger partial charge in [-0.25, -0.2) is 18.1 Å². The first kappa shape index (κ1) is 13.7. The van der Waals surface area contributed by atoms with Gasteiger partial charge in [0.1, 0.15) is 10.0 Å². The fourth-order valence-corrected chi connectivity index (χ4v) is 3.72. The van der Waals surface area contributed by atoms with Gasteiger partial charge < -0.3 is 5.11 Å². The van der Waals surface area contributed by atoms with Crippen molar-refractivity contribution in [3.63, 3.8) is 0 Å². The third-order valence-electron chi connectivity index (χ3n) is 3.22. The summed E-state index contributed by atoms with van der Waals surface area (Å²) in [6.45, 7) is -0.187. The number of rotatable bonds is 4. The lowest BCUT2D eigenvalue weighted by molar-refractivity contribution is 0.185. The van der Waals surface area contributed by atoms with Crippen LogP contribution in [0.25, 0.3) is 0 Å². The summed E-state index contributed by atoms with van der Waals surface area (Å²) in [6.07, 6.45) is 4.36. The van der Waals surface area contributed by atoms with Gasteiger partial charge in [-0.1, -0.05) is 24.4 Å². The molecule has 18 heavy (non-hydrogen) atoms. The highest BCUT2D eigenvalue weighted by Crippen LogP contribution is 2.30. The van der Waals surface area contributed by atoms with E-state index < -0.39 is 15.6 Å². The second-order valence-corrected chi connectivity index (χ2v) is 6.64. The van der Waals surface area contributed by atoms with Crippen molar-refractivity contribution < 1.29 is 13.5 Å². The lowest BCUT2D eigenvalue weighted by atomic mass is 10.0. The maximum absolute atomic E-state index is 12.2. The molecule has 0 saturated heterocycles. The van der Waals surface area contributed by atoms with Gasteiger partial charge in [-0.05, 0) is 25.0 Å². The summed E-state index contributed by atoms with van der Waals surface area (Å²) in [5.74, 6) is 0. The summed E-state index contributed by atoms with van der Waals surface area (Å²) >= 11 is 5.62. The van der Waals surface area contributed by atoms with Gasteiger partial charge in [0.05, 0.1) is 12.1 Å². The van der Waals surface area contributed by atoms with Gasteiger partial charge in [-0.2, -0.15) is 0 Å². The van der Waals surface area contributed by atoms with Crippen molar-refractivity contribution in [2.24, 2.45) is 0 Å². The Bertz CT molecular complexity index is 510. The minimum atomic E-state index is -3.66. The van der Waals surface area contributed by atoms with Crippen molar-refractivity contribution >= 4 is 21.6 Å². The van der Waals surface area contributed by atoms with Crippen molar-refractivity contribution in [1.29, 1.82) is 0 Å². The first-order chi connectivity index (χ1) is 8.47. The smallest absolute Gasteiger partial charge is 0.242 e.